The maximum Gasteiger partial charge on any atom is 0.123 e. The van der Waals surface area contributed by atoms with Gasteiger partial charge in [0.1, 0.15) is 11.4 Å². The lowest BCUT2D eigenvalue weighted by atomic mass is 9.98. The number of benzene rings is 1. The molecular weight excluding hydrogens is 258 g/mol. The highest BCUT2D eigenvalue weighted by Gasteiger charge is 2.29. The molecule has 1 aromatic carbocycles. The van der Waals surface area contributed by atoms with Gasteiger partial charge in [0.15, 0.2) is 0 Å². The third-order valence-corrected chi connectivity index (χ3v) is 4.12. The molecule has 0 aliphatic carbocycles. The first-order valence-electron chi connectivity index (χ1n) is 8.62. The van der Waals surface area contributed by atoms with Crippen LogP contribution in [0.5, 0.6) is 5.75 Å². The van der Waals surface area contributed by atoms with Crippen molar-refractivity contribution >= 4 is 0 Å². The number of rotatable bonds is 9. The van der Waals surface area contributed by atoms with Gasteiger partial charge in [-0.05, 0) is 69.8 Å². The van der Waals surface area contributed by atoms with Crippen molar-refractivity contribution < 1.29 is 4.74 Å². The number of aryl methyl sites for hydroxylation is 1. The van der Waals surface area contributed by atoms with E-state index in [1.165, 1.54) is 56.2 Å². The Bertz CT molecular complexity index is 439. The molecule has 1 aliphatic heterocycles. The Morgan fingerprint density at radius 2 is 1.90 bits per heavy atom. The quantitative estimate of drug-likeness (QED) is 0.676. The van der Waals surface area contributed by atoms with Crippen LogP contribution in [0, 0.1) is 0 Å². The molecule has 0 radical (unpaired) electrons. The fourth-order valence-corrected chi connectivity index (χ4v) is 3.05. The molecule has 0 atom stereocenters. The van der Waals surface area contributed by atoms with Gasteiger partial charge in [0, 0.05) is 6.42 Å². The van der Waals surface area contributed by atoms with Crippen LogP contribution in [0.1, 0.15) is 64.0 Å². The highest BCUT2D eigenvalue weighted by molar-refractivity contribution is 5.41. The van der Waals surface area contributed by atoms with Gasteiger partial charge in [0.05, 0.1) is 0 Å². The first-order valence-corrected chi connectivity index (χ1v) is 8.62. The van der Waals surface area contributed by atoms with E-state index in [9.17, 15) is 0 Å². The molecule has 0 aromatic heterocycles. The van der Waals surface area contributed by atoms with E-state index in [1.807, 2.05) is 0 Å². The van der Waals surface area contributed by atoms with Crippen molar-refractivity contribution in [3.63, 3.8) is 0 Å². The van der Waals surface area contributed by atoms with Gasteiger partial charge in [0.2, 0.25) is 0 Å². The largest absolute Gasteiger partial charge is 0.487 e. The number of unbranched alkanes of at least 4 members (excludes halogenated alkanes) is 3. The second-order valence-electron chi connectivity index (χ2n) is 6.89. The number of hydrogen-bond donors (Lipinski definition) is 1. The second kappa shape index (κ2) is 7.84. The summed E-state index contributed by atoms with van der Waals surface area (Å²) in [5, 5.41) is 3.47. The van der Waals surface area contributed by atoms with Crippen LogP contribution >= 0.6 is 0 Å². The number of nitrogens with one attached hydrogen (secondary N) is 1. The molecular formula is C19H31NO. The van der Waals surface area contributed by atoms with Gasteiger partial charge >= 0.3 is 0 Å². The minimum atomic E-state index is -0.0214. The standard InChI is InChI=1S/C19H31NO/c1-4-12-20-13-8-6-5-7-9-16-10-11-18-17(14-16)15-19(2,3)21-18/h10-11,14,20H,4-9,12-13,15H2,1-3H3. The smallest absolute Gasteiger partial charge is 0.123 e. The molecule has 2 nitrogen and oxygen atoms in total. The minimum Gasteiger partial charge on any atom is -0.487 e. The van der Waals surface area contributed by atoms with Crippen molar-refractivity contribution in [2.45, 2.75) is 71.3 Å². The summed E-state index contributed by atoms with van der Waals surface area (Å²) in [4.78, 5) is 0. The van der Waals surface area contributed by atoms with E-state index >= 15 is 0 Å². The van der Waals surface area contributed by atoms with E-state index in [4.69, 9.17) is 4.74 Å². The molecule has 118 valence electrons. The third kappa shape index (κ3) is 5.35. The zero-order chi connectivity index (χ0) is 15.1. The lowest BCUT2D eigenvalue weighted by Crippen LogP contribution is -2.24. The highest BCUT2D eigenvalue weighted by atomic mass is 16.5. The van der Waals surface area contributed by atoms with Crippen LogP contribution < -0.4 is 10.1 Å². The summed E-state index contributed by atoms with van der Waals surface area (Å²) in [6, 6.07) is 6.75. The van der Waals surface area contributed by atoms with E-state index in [0.717, 1.165) is 18.7 Å². The summed E-state index contributed by atoms with van der Waals surface area (Å²) in [6.45, 7) is 8.89. The average molecular weight is 289 g/mol. The maximum atomic E-state index is 5.93. The Labute approximate surface area is 130 Å². The van der Waals surface area contributed by atoms with Gasteiger partial charge < -0.3 is 10.1 Å². The SMILES string of the molecule is CCCNCCCCCCc1ccc2c(c1)CC(C)(C)O2. The molecule has 21 heavy (non-hydrogen) atoms. The van der Waals surface area contributed by atoms with E-state index in [0.29, 0.717) is 0 Å². The summed E-state index contributed by atoms with van der Waals surface area (Å²) in [6.07, 6.45) is 8.78. The van der Waals surface area contributed by atoms with Crippen molar-refractivity contribution in [1.29, 1.82) is 0 Å². The molecule has 0 unspecified atom stereocenters. The van der Waals surface area contributed by atoms with Crippen molar-refractivity contribution in [2.75, 3.05) is 13.1 Å². The van der Waals surface area contributed by atoms with Crippen LogP contribution in [0.3, 0.4) is 0 Å². The maximum absolute atomic E-state index is 5.93. The molecule has 0 spiro atoms. The van der Waals surface area contributed by atoms with Gasteiger partial charge in [-0.2, -0.15) is 0 Å². The molecule has 1 aliphatic rings. The van der Waals surface area contributed by atoms with E-state index in [1.54, 1.807) is 0 Å². The van der Waals surface area contributed by atoms with Crippen molar-refractivity contribution in [3.8, 4) is 5.75 Å². The van der Waals surface area contributed by atoms with Crippen LogP contribution in [-0.4, -0.2) is 18.7 Å². The summed E-state index contributed by atoms with van der Waals surface area (Å²) in [5.41, 5.74) is 2.84. The number of ether oxygens (including phenoxy) is 1. The molecule has 0 fully saturated rings. The molecule has 1 aromatic rings. The Morgan fingerprint density at radius 3 is 2.71 bits per heavy atom. The molecule has 2 rings (SSSR count). The topological polar surface area (TPSA) is 21.3 Å². The molecule has 1 heterocycles. The van der Waals surface area contributed by atoms with Crippen LogP contribution in [0.2, 0.25) is 0 Å². The first kappa shape index (κ1) is 16.4. The van der Waals surface area contributed by atoms with Crippen molar-refractivity contribution in [1.82, 2.24) is 5.32 Å². The third-order valence-electron chi connectivity index (χ3n) is 4.12. The molecule has 1 N–H and O–H groups in total. The Kier molecular flexibility index (Phi) is 6.10. The Hall–Kier alpha value is -1.02. The minimum absolute atomic E-state index is 0.0214. The van der Waals surface area contributed by atoms with Crippen LogP contribution in [0.4, 0.5) is 0 Å². The van der Waals surface area contributed by atoms with E-state index in [2.05, 4.69) is 44.3 Å². The van der Waals surface area contributed by atoms with Crippen LogP contribution in [-0.2, 0) is 12.8 Å². The first-order chi connectivity index (χ1) is 10.1. The zero-order valence-corrected chi connectivity index (χ0v) is 14.0. The number of fused-ring (bicyclic) bond motifs is 1. The van der Waals surface area contributed by atoms with E-state index in [-0.39, 0.29) is 5.60 Å². The van der Waals surface area contributed by atoms with Crippen LogP contribution in [0.25, 0.3) is 0 Å². The van der Waals surface area contributed by atoms with Crippen molar-refractivity contribution in [3.05, 3.63) is 29.3 Å². The fraction of sp³-hybridized carbons (Fsp3) is 0.684. The molecule has 0 saturated carbocycles. The van der Waals surface area contributed by atoms with Gasteiger partial charge in [-0.25, -0.2) is 0 Å². The van der Waals surface area contributed by atoms with Crippen LogP contribution in [0.15, 0.2) is 18.2 Å². The van der Waals surface area contributed by atoms with Crippen molar-refractivity contribution in [2.24, 2.45) is 0 Å². The van der Waals surface area contributed by atoms with Gasteiger partial charge in [-0.15, -0.1) is 0 Å². The average Bonchev–Trinajstić information content (AvgIpc) is 2.75. The second-order valence-corrected chi connectivity index (χ2v) is 6.89. The summed E-state index contributed by atoms with van der Waals surface area (Å²) < 4.78 is 5.93. The Balaban J connectivity index is 1.64. The molecule has 0 bridgehead atoms. The molecule has 0 saturated heterocycles. The Morgan fingerprint density at radius 1 is 1.10 bits per heavy atom. The van der Waals surface area contributed by atoms with Gasteiger partial charge in [-0.1, -0.05) is 31.9 Å². The van der Waals surface area contributed by atoms with Gasteiger partial charge in [-0.3, -0.25) is 0 Å². The fourth-order valence-electron chi connectivity index (χ4n) is 3.05. The van der Waals surface area contributed by atoms with E-state index < -0.39 is 0 Å². The lowest BCUT2D eigenvalue weighted by molar-refractivity contribution is 0.138. The predicted molar refractivity (Wildman–Crippen MR) is 90.2 cm³/mol. The lowest BCUT2D eigenvalue weighted by Gasteiger charge is -2.16. The highest BCUT2D eigenvalue weighted by Crippen LogP contribution is 2.35. The molecule has 2 heteroatoms. The normalized spacial score (nSPS) is 15.8. The monoisotopic (exact) mass is 289 g/mol. The number of hydrogen-bond acceptors (Lipinski definition) is 2. The summed E-state index contributed by atoms with van der Waals surface area (Å²) in [5.74, 6) is 1.09. The summed E-state index contributed by atoms with van der Waals surface area (Å²) in [7, 11) is 0. The predicted octanol–water partition coefficient (Wildman–Crippen LogP) is 4.50. The summed E-state index contributed by atoms with van der Waals surface area (Å²) >= 11 is 0. The zero-order valence-electron chi connectivity index (χ0n) is 14.0. The van der Waals surface area contributed by atoms with Gasteiger partial charge in [0.25, 0.3) is 0 Å². The molecule has 0 amide bonds.